The number of hydrazine groups is 1. The maximum Gasteiger partial charge on any atom is 0.220 e. The molecule has 3 atom stereocenters. The number of benzene rings is 1. The largest absolute Gasteiger partial charge is 0.361 e. The van der Waals surface area contributed by atoms with Gasteiger partial charge in [0.05, 0.1) is 0 Å². The Morgan fingerprint density at radius 1 is 1.26 bits per heavy atom. The highest BCUT2D eigenvalue weighted by atomic mass is 16.1. The van der Waals surface area contributed by atoms with E-state index in [1.54, 1.807) is 0 Å². The molecule has 122 valence electrons. The van der Waals surface area contributed by atoms with Crippen LogP contribution in [-0.2, 0) is 11.2 Å². The van der Waals surface area contributed by atoms with E-state index in [0.717, 1.165) is 37.2 Å². The van der Waals surface area contributed by atoms with Crippen molar-refractivity contribution in [2.75, 3.05) is 6.54 Å². The molecule has 2 fully saturated rings. The molecule has 1 saturated carbocycles. The Bertz CT molecular complexity index is 695. The van der Waals surface area contributed by atoms with Crippen LogP contribution in [0.4, 0.5) is 0 Å². The molecule has 5 heteroatoms. The Kier molecular flexibility index (Phi) is 4.06. The van der Waals surface area contributed by atoms with Crippen LogP contribution in [-0.4, -0.2) is 29.5 Å². The zero-order valence-electron chi connectivity index (χ0n) is 13.3. The lowest BCUT2D eigenvalue weighted by Crippen LogP contribution is -2.45. The molecule has 2 aromatic rings. The quantitative estimate of drug-likeness (QED) is 0.696. The van der Waals surface area contributed by atoms with E-state index in [0.29, 0.717) is 18.5 Å². The van der Waals surface area contributed by atoms with Gasteiger partial charge in [0.15, 0.2) is 0 Å². The van der Waals surface area contributed by atoms with Gasteiger partial charge in [-0.15, -0.1) is 0 Å². The fourth-order valence-electron chi connectivity index (χ4n) is 3.99. The number of hydrogen-bond acceptors (Lipinski definition) is 3. The summed E-state index contributed by atoms with van der Waals surface area (Å²) in [5, 5.41) is 4.45. The van der Waals surface area contributed by atoms with E-state index in [2.05, 4.69) is 33.3 Å². The summed E-state index contributed by atoms with van der Waals surface area (Å²) < 4.78 is 0. The summed E-state index contributed by atoms with van der Waals surface area (Å²) in [5.74, 6) is 0.902. The lowest BCUT2D eigenvalue weighted by atomic mass is 9.83. The van der Waals surface area contributed by atoms with Crippen LogP contribution in [0.2, 0.25) is 0 Å². The number of nitrogens with one attached hydrogen (secondary N) is 4. The molecule has 1 aromatic carbocycles. The molecule has 2 aliphatic rings. The van der Waals surface area contributed by atoms with E-state index in [4.69, 9.17) is 0 Å². The van der Waals surface area contributed by atoms with Gasteiger partial charge < -0.3 is 10.3 Å². The number of H-pyrrole nitrogens is 1. The first-order chi connectivity index (χ1) is 11.3. The summed E-state index contributed by atoms with van der Waals surface area (Å²) in [6.45, 7) is 1.06. The second-order valence-electron chi connectivity index (χ2n) is 6.83. The van der Waals surface area contributed by atoms with Gasteiger partial charge in [0.25, 0.3) is 0 Å². The second-order valence-corrected chi connectivity index (χ2v) is 6.83. The highest BCUT2D eigenvalue weighted by Crippen LogP contribution is 2.26. The minimum Gasteiger partial charge on any atom is -0.361 e. The van der Waals surface area contributed by atoms with E-state index in [1.807, 2.05) is 18.3 Å². The fourth-order valence-corrected chi connectivity index (χ4v) is 3.99. The predicted molar refractivity (Wildman–Crippen MR) is 90.8 cm³/mol. The van der Waals surface area contributed by atoms with Crippen LogP contribution in [0.3, 0.4) is 0 Å². The van der Waals surface area contributed by atoms with Gasteiger partial charge in [-0.3, -0.25) is 15.6 Å². The van der Waals surface area contributed by atoms with Crippen LogP contribution in [0.5, 0.6) is 0 Å². The van der Waals surface area contributed by atoms with Crippen molar-refractivity contribution in [2.24, 2.45) is 5.92 Å². The zero-order chi connectivity index (χ0) is 15.6. The number of aromatic nitrogens is 1. The van der Waals surface area contributed by atoms with Crippen LogP contribution in [0.15, 0.2) is 30.5 Å². The minimum absolute atomic E-state index is 0.171. The number of aromatic amines is 1. The summed E-state index contributed by atoms with van der Waals surface area (Å²) >= 11 is 0. The molecular formula is C18H24N4O. The van der Waals surface area contributed by atoms with Gasteiger partial charge in [0.1, 0.15) is 0 Å². The van der Waals surface area contributed by atoms with Crippen LogP contribution in [0.25, 0.3) is 10.9 Å². The molecule has 4 rings (SSSR count). The Labute approximate surface area is 136 Å². The number of carbonyl (C=O) groups excluding carboxylic acids is 1. The molecule has 23 heavy (non-hydrogen) atoms. The summed E-state index contributed by atoms with van der Waals surface area (Å²) in [4.78, 5) is 15.5. The van der Waals surface area contributed by atoms with Crippen molar-refractivity contribution in [2.45, 2.75) is 44.2 Å². The van der Waals surface area contributed by atoms with E-state index in [1.165, 1.54) is 17.4 Å². The molecule has 3 unspecified atom stereocenters. The van der Waals surface area contributed by atoms with Gasteiger partial charge in [0.2, 0.25) is 5.91 Å². The van der Waals surface area contributed by atoms with E-state index in [9.17, 15) is 4.79 Å². The number of rotatable bonds is 4. The molecule has 1 amide bonds. The third kappa shape index (κ3) is 3.12. The highest BCUT2D eigenvalue weighted by molar-refractivity contribution is 5.84. The molecule has 0 radical (unpaired) electrons. The number of aryl methyl sites for hydroxylation is 1. The number of carbonyl (C=O) groups is 1. The first kappa shape index (κ1) is 14.7. The third-order valence-electron chi connectivity index (χ3n) is 5.31. The molecule has 4 N–H and O–H groups in total. The molecule has 1 aliphatic heterocycles. The summed E-state index contributed by atoms with van der Waals surface area (Å²) in [6.07, 6.45) is 6.70. The smallest absolute Gasteiger partial charge is 0.220 e. The molecular weight excluding hydrogens is 288 g/mol. The normalized spacial score (nSPS) is 27.0. The van der Waals surface area contributed by atoms with Gasteiger partial charge >= 0.3 is 0 Å². The highest BCUT2D eigenvalue weighted by Gasteiger charge is 2.34. The van der Waals surface area contributed by atoms with E-state index in [-0.39, 0.29) is 5.91 Å². The summed E-state index contributed by atoms with van der Waals surface area (Å²) in [6, 6.07) is 9.08. The Balaban J connectivity index is 1.30. The molecule has 2 heterocycles. The van der Waals surface area contributed by atoms with Gasteiger partial charge in [-0.1, -0.05) is 18.2 Å². The van der Waals surface area contributed by atoms with Crippen molar-refractivity contribution in [3.8, 4) is 0 Å². The Hall–Kier alpha value is -1.85. The molecule has 1 aliphatic carbocycles. The summed E-state index contributed by atoms with van der Waals surface area (Å²) in [7, 11) is 0. The van der Waals surface area contributed by atoms with Crippen molar-refractivity contribution in [1.29, 1.82) is 0 Å². The third-order valence-corrected chi connectivity index (χ3v) is 5.31. The molecule has 5 nitrogen and oxygen atoms in total. The first-order valence-electron chi connectivity index (χ1n) is 8.62. The van der Waals surface area contributed by atoms with E-state index >= 15 is 0 Å². The lowest BCUT2D eigenvalue weighted by molar-refractivity contribution is -0.122. The molecule has 1 aromatic heterocycles. The lowest BCUT2D eigenvalue weighted by Gasteiger charge is -2.31. The molecule has 0 spiro atoms. The number of fused-ring (bicyclic) bond motifs is 2. The fraction of sp³-hybridized carbons (Fsp3) is 0.500. The van der Waals surface area contributed by atoms with Crippen LogP contribution < -0.4 is 16.2 Å². The van der Waals surface area contributed by atoms with Crippen molar-refractivity contribution < 1.29 is 4.79 Å². The number of hydrogen-bond donors (Lipinski definition) is 4. The Morgan fingerprint density at radius 2 is 2.17 bits per heavy atom. The number of para-hydroxylation sites is 1. The van der Waals surface area contributed by atoms with E-state index < -0.39 is 0 Å². The van der Waals surface area contributed by atoms with Crippen LogP contribution in [0, 0.1) is 5.92 Å². The van der Waals surface area contributed by atoms with Gasteiger partial charge in [-0.25, -0.2) is 0 Å². The van der Waals surface area contributed by atoms with Gasteiger partial charge in [-0.05, 0) is 43.2 Å². The monoisotopic (exact) mass is 312 g/mol. The molecule has 1 saturated heterocycles. The average Bonchev–Trinajstić information content (AvgIpc) is 3.19. The Morgan fingerprint density at radius 3 is 3.13 bits per heavy atom. The average molecular weight is 312 g/mol. The SMILES string of the molecule is O=C(CCc1c[nH]c2ccccc12)NC1CCC2CNNC2C1. The van der Waals surface area contributed by atoms with Crippen molar-refractivity contribution >= 4 is 16.8 Å². The molecule has 0 bridgehead atoms. The van der Waals surface area contributed by atoms with Crippen molar-refractivity contribution in [3.05, 3.63) is 36.0 Å². The first-order valence-corrected chi connectivity index (χ1v) is 8.62. The predicted octanol–water partition coefficient (Wildman–Crippen LogP) is 1.86. The van der Waals surface area contributed by atoms with Crippen LogP contribution in [0.1, 0.15) is 31.2 Å². The maximum atomic E-state index is 12.3. The second kappa shape index (κ2) is 6.34. The zero-order valence-corrected chi connectivity index (χ0v) is 13.3. The topological polar surface area (TPSA) is 69.0 Å². The number of amides is 1. The van der Waals surface area contributed by atoms with Crippen LogP contribution >= 0.6 is 0 Å². The van der Waals surface area contributed by atoms with Crippen molar-refractivity contribution in [1.82, 2.24) is 21.2 Å². The van der Waals surface area contributed by atoms with Gasteiger partial charge in [0, 0.05) is 42.1 Å². The maximum absolute atomic E-state index is 12.3. The summed E-state index contributed by atoms with van der Waals surface area (Å²) in [5.41, 5.74) is 8.93. The van der Waals surface area contributed by atoms with Crippen molar-refractivity contribution in [3.63, 3.8) is 0 Å². The standard InChI is InChI=1S/C18H24N4O/c23-18(21-14-7-5-13-11-20-22-17(13)9-14)8-6-12-10-19-16-4-2-1-3-15(12)16/h1-4,10,13-14,17,19-20,22H,5-9,11H2,(H,21,23). The van der Waals surface area contributed by atoms with Gasteiger partial charge in [-0.2, -0.15) is 0 Å². The minimum atomic E-state index is 0.171.